The van der Waals surface area contributed by atoms with Crippen LogP contribution >= 0.6 is 27.5 Å². The second kappa shape index (κ2) is 10.0. The smallest absolute Gasteiger partial charge is 0.256 e. The largest absolute Gasteiger partial charge is 0.489 e. The first-order valence-corrected chi connectivity index (χ1v) is 11.2. The molecule has 1 aromatic heterocycles. The van der Waals surface area contributed by atoms with Crippen LogP contribution in [0.2, 0.25) is 5.02 Å². The van der Waals surface area contributed by atoms with E-state index in [0.29, 0.717) is 29.6 Å². The molecule has 4 aromatic rings. The van der Waals surface area contributed by atoms with Crippen molar-refractivity contribution in [2.75, 3.05) is 5.32 Å². The summed E-state index contributed by atoms with van der Waals surface area (Å²) in [6.07, 6.45) is 0. The Kier molecular flexibility index (Phi) is 6.93. The van der Waals surface area contributed by atoms with Gasteiger partial charge in [-0.15, -0.1) is 0 Å². The van der Waals surface area contributed by atoms with Gasteiger partial charge in [-0.3, -0.25) is 9.48 Å². The van der Waals surface area contributed by atoms with Crippen molar-refractivity contribution in [3.8, 4) is 5.75 Å². The summed E-state index contributed by atoms with van der Waals surface area (Å²) in [5, 5.41) is 8.08. The van der Waals surface area contributed by atoms with Crippen molar-refractivity contribution >= 4 is 39.3 Å². The molecule has 0 saturated heterocycles. The summed E-state index contributed by atoms with van der Waals surface area (Å²) in [6.45, 7) is 2.90. The van der Waals surface area contributed by atoms with E-state index in [2.05, 4.69) is 26.3 Å². The Balaban J connectivity index is 1.40. The summed E-state index contributed by atoms with van der Waals surface area (Å²) in [4.78, 5) is 12.8. The van der Waals surface area contributed by atoms with Gasteiger partial charge in [-0.05, 0) is 66.6 Å². The van der Waals surface area contributed by atoms with E-state index in [1.807, 2.05) is 84.4 Å². The lowest BCUT2D eigenvalue weighted by Crippen LogP contribution is -2.13. The predicted octanol–water partition coefficient (Wildman–Crippen LogP) is 6.49. The molecule has 0 aliphatic carbocycles. The Morgan fingerprint density at radius 1 is 1.03 bits per heavy atom. The molecule has 32 heavy (non-hydrogen) atoms. The first-order valence-electron chi connectivity index (χ1n) is 10.0. The number of rotatable bonds is 7. The average Bonchev–Trinajstić information content (AvgIpc) is 3.12. The summed E-state index contributed by atoms with van der Waals surface area (Å²) in [5.41, 5.74) is 3.43. The van der Waals surface area contributed by atoms with Crippen LogP contribution in [0.1, 0.15) is 27.2 Å². The Morgan fingerprint density at radius 2 is 1.78 bits per heavy atom. The fourth-order valence-corrected chi connectivity index (χ4v) is 3.71. The number of carbonyl (C=O) groups is 1. The molecule has 0 radical (unpaired) electrons. The fourth-order valence-electron chi connectivity index (χ4n) is 3.23. The van der Waals surface area contributed by atoms with E-state index < -0.39 is 0 Å². The number of halogens is 2. The van der Waals surface area contributed by atoms with Crippen molar-refractivity contribution < 1.29 is 9.53 Å². The van der Waals surface area contributed by atoms with Crippen LogP contribution in [0.5, 0.6) is 5.75 Å². The number of benzene rings is 3. The normalized spacial score (nSPS) is 10.7. The molecule has 1 N–H and O–H groups in total. The van der Waals surface area contributed by atoms with Crippen molar-refractivity contribution in [2.24, 2.45) is 0 Å². The topological polar surface area (TPSA) is 56.1 Å². The summed E-state index contributed by atoms with van der Waals surface area (Å²) >= 11 is 9.48. The highest BCUT2D eigenvalue weighted by Crippen LogP contribution is 2.19. The zero-order valence-electron chi connectivity index (χ0n) is 17.4. The monoisotopic (exact) mass is 509 g/mol. The predicted molar refractivity (Wildman–Crippen MR) is 130 cm³/mol. The molecule has 0 fully saturated rings. The number of ether oxygens (including phenoxy) is 1. The second-order valence-electron chi connectivity index (χ2n) is 7.36. The van der Waals surface area contributed by atoms with Gasteiger partial charge in [-0.1, -0.05) is 51.8 Å². The Morgan fingerprint density at radius 3 is 2.56 bits per heavy atom. The quantitative estimate of drug-likeness (QED) is 0.309. The second-order valence-corrected chi connectivity index (χ2v) is 8.71. The minimum atomic E-state index is -0.220. The molecule has 0 saturated carbocycles. The number of aromatic nitrogens is 2. The van der Waals surface area contributed by atoms with Crippen LogP contribution in [0.4, 0.5) is 5.82 Å². The standard InChI is InChI=1S/C25H21BrClN3O2/c1-17-12-24(29-30(17)15-18-4-3-7-22(27)14-18)28-25(31)20-6-2-5-19(13-20)16-32-23-10-8-21(26)9-11-23/h2-14H,15-16H2,1H3,(H,28,29,31). The number of aryl methyl sites for hydroxylation is 1. The van der Waals surface area contributed by atoms with E-state index in [9.17, 15) is 4.79 Å². The lowest BCUT2D eigenvalue weighted by Gasteiger charge is -2.08. The molecule has 162 valence electrons. The van der Waals surface area contributed by atoms with Crippen LogP contribution in [0, 0.1) is 6.92 Å². The number of carbonyl (C=O) groups excluding carboxylic acids is 1. The van der Waals surface area contributed by atoms with Gasteiger partial charge in [0.15, 0.2) is 5.82 Å². The average molecular weight is 511 g/mol. The van der Waals surface area contributed by atoms with E-state index in [1.165, 1.54) is 0 Å². The number of nitrogens with one attached hydrogen (secondary N) is 1. The highest BCUT2D eigenvalue weighted by atomic mass is 79.9. The maximum Gasteiger partial charge on any atom is 0.256 e. The fraction of sp³-hybridized carbons (Fsp3) is 0.120. The highest BCUT2D eigenvalue weighted by Gasteiger charge is 2.11. The van der Waals surface area contributed by atoms with Crippen molar-refractivity contribution in [3.05, 3.63) is 111 Å². The maximum absolute atomic E-state index is 12.8. The molecule has 3 aromatic carbocycles. The number of nitrogens with zero attached hydrogens (tertiary/aromatic N) is 2. The van der Waals surface area contributed by atoms with Crippen LogP contribution in [-0.2, 0) is 13.2 Å². The molecule has 7 heteroatoms. The molecule has 0 bridgehead atoms. The number of hydrogen-bond acceptors (Lipinski definition) is 3. The first-order chi connectivity index (χ1) is 15.5. The van der Waals surface area contributed by atoms with Gasteiger partial charge in [0.05, 0.1) is 6.54 Å². The van der Waals surface area contributed by atoms with E-state index in [1.54, 1.807) is 6.07 Å². The molecule has 0 aliphatic rings. The van der Waals surface area contributed by atoms with Gasteiger partial charge in [0, 0.05) is 26.8 Å². The van der Waals surface area contributed by atoms with Crippen LogP contribution in [-0.4, -0.2) is 15.7 Å². The van der Waals surface area contributed by atoms with E-state index >= 15 is 0 Å². The third-order valence-corrected chi connectivity index (χ3v) is 5.62. The van der Waals surface area contributed by atoms with E-state index in [4.69, 9.17) is 16.3 Å². The SMILES string of the molecule is Cc1cc(NC(=O)c2cccc(COc3ccc(Br)cc3)c2)nn1Cc1cccc(Cl)c1. The maximum atomic E-state index is 12.8. The van der Waals surface area contributed by atoms with Crippen LogP contribution in [0.15, 0.2) is 83.3 Å². The minimum Gasteiger partial charge on any atom is -0.489 e. The molecule has 0 atom stereocenters. The number of amides is 1. The lowest BCUT2D eigenvalue weighted by atomic mass is 10.1. The number of anilines is 1. The lowest BCUT2D eigenvalue weighted by molar-refractivity contribution is 0.102. The third-order valence-electron chi connectivity index (χ3n) is 4.85. The molecule has 0 unspecified atom stereocenters. The van der Waals surface area contributed by atoms with E-state index in [0.717, 1.165) is 27.0 Å². The Bertz CT molecular complexity index is 1240. The van der Waals surface area contributed by atoms with Crippen LogP contribution < -0.4 is 10.1 Å². The zero-order chi connectivity index (χ0) is 22.5. The van der Waals surface area contributed by atoms with Crippen molar-refractivity contribution in [3.63, 3.8) is 0 Å². The molecule has 0 aliphatic heterocycles. The van der Waals surface area contributed by atoms with Gasteiger partial charge >= 0.3 is 0 Å². The summed E-state index contributed by atoms with van der Waals surface area (Å²) < 4.78 is 8.64. The molecule has 1 amide bonds. The van der Waals surface area contributed by atoms with Crippen molar-refractivity contribution in [1.29, 1.82) is 0 Å². The van der Waals surface area contributed by atoms with Gasteiger partial charge in [-0.25, -0.2) is 0 Å². The van der Waals surface area contributed by atoms with Crippen LogP contribution in [0.25, 0.3) is 0 Å². The molecular formula is C25H21BrClN3O2. The molecule has 4 rings (SSSR count). The van der Waals surface area contributed by atoms with Gasteiger partial charge in [0.2, 0.25) is 0 Å². The molecule has 0 spiro atoms. The van der Waals surface area contributed by atoms with E-state index in [-0.39, 0.29) is 5.91 Å². The molecule has 5 nitrogen and oxygen atoms in total. The molecule has 1 heterocycles. The third kappa shape index (κ3) is 5.78. The van der Waals surface area contributed by atoms with Gasteiger partial charge < -0.3 is 10.1 Å². The summed E-state index contributed by atoms with van der Waals surface area (Å²) in [6, 6.07) is 24.5. The summed E-state index contributed by atoms with van der Waals surface area (Å²) in [5.74, 6) is 1.05. The van der Waals surface area contributed by atoms with Gasteiger partial charge in [0.25, 0.3) is 5.91 Å². The number of hydrogen-bond donors (Lipinski definition) is 1. The zero-order valence-corrected chi connectivity index (χ0v) is 19.7. The molecular weight excluding hydrogens is 490 g/mol. The Labute approximate surface area is 200 Å². The highest BCUT2D eigenvalue weighted by molar-refractivity contribution is 9.10. The summed E-state index contributed by atoms with van der Waals surface area (Å²) in [7, 11) is 0. The Hall–Kier alpha value is -3.09. The van der Waals surface area contributed by atoms with Crippen molar-refractivity contribution in [2.45, 2.75) is 20.1 Å². The van der Waals surface area contributed by atoms with Crippen LogP contribution in [0.3, 0.4) is 0 Å². The minimum absolute atomic E-state index is 0.220. The first kappa shape index (κ1) is 22.1. The van der Waals surface area contributed by atoms with Gasteiger partial charge in [-0.2, -0.15) is 5.10 Å². The van der Waals surface area contributed by atoms with Crippen molar-refractivity contribution in [1.82, 2.24) is 9.78 Å². The van der Waals surface area contributed by atoms with Gasteiger partial charge in [0.1, 0.15) is 12.4 Å².